The highest BCUT2D eigenvalue weighted by atomic mass is 16.5. The molecule has 0 saturated heterocycles. The van der Waals surface area contributed by atoms with Gasteiger partial charge in [-0.2, -0.15) is 0 Å². The number of hydrogen-bond acceptors (Lipinski definition) is 3. The lowest BCUT2D eigenvalue weighted by atomic mass is 10.0. The smallest absolute Gasteiger partial charge is 0.330 e. The Labute approximate surface area is 84.8 Å². The number of aliphatic hydroxyl groups excluding tert-OH is 1. The second-order valence-electron chi connectivity index (χ2n) is 4.02. The van der Waals surface area contributed by atoms with Crippen molar-refractivity contribution in [1.29, 1.82) is 0 Å². The lowest BCUT2D eigenvalue weighted by molar-refractivity contribution is -0.142. The minimum atomic E-state index is -0.365. The first-order valence-electron chi connectivity index (χ1n) is 5.13. The van der Waals surface area contributed by atoms with Crippen LogP contribution < -0.4 is 0 Å². The number of carbonyl (C=O) groups excluding carboxylic acids is 1. The molecular weight excluding hydrogens is 180 g/mol. The van der Waals surface area contributed by atoms with Gasteiger partial charge in [-0.3, -0.25) is 0 Å². The van der Waals surface area contributed by atoms with E-state index in [-0.39, 0.29) is 18.2 Å². The molecule has 1 aliphatic rings. The highest BCUT2D eigenvalue weighted by Gasteiger charge is 2.24. The Hall–Kier alpha value is -0.830. The third-order valence-electron chi connectivity index (χ3n) is 2.66. The zero-order valence-corrected chi connectivity index (χ0v) is 8.61. The summed E-state index contributed by atoms with van der Waals surface area (Å²) in [6, 6.07) is 0. The highest BCUT2D eigenvalue weighted by molar-refractivity contribution is 5.81. The second kappa shape index (κ2) is 5.15. The van der Waals surface area contributed by atoms with Gasteiger partial charge in [-0.25, -0.2) is 4.79 Å². The molecule has 0 spiro atoms. The molecule has 3 atom stereocenters. The molecule has 1 rings (SSSR count). The van der Waals surface area contributed by atoms with E-state index in [0.717, 1.165) is 25.7 Å². The Morgan fingerprint density at radius 2 is 2.43 bits per heavy atom. The van der Waals surface area contributed by atoms with Gasteiger partial charge in [0, 0.05) is 6.08 Å². The molecule has 3 heteroatoms. The standard InChI is InChI=1S/C11H18O3/c1-3-11(13)14-8(2)6-9-4-5-10(12)7-9/h3,8-10,12H,1,4-7H2,2H3. The van der Waals surface area contributed by atoms with Crippen LogP contribution in [0.25, 0.3) is 0 Å². The summed E-state index contributed by atoms with van der Waals surface area (Å²) >= 11 is 0. The average Bonchev–Trinajstić information content (AvgIpc) is 2.50. The van der Waals surface area contributed by atoms with Crippen molar-refractivity contribution in [1.82, 2.24) is 0 Å². The van der Waals surface area contributed by atoms with Crippen LogP contribution in [0.1, 0.15) is 32.6 Å². The van der Waals surface area contributed by atoms with Gasteiger partial charge in [-0.05, 0) is 38.5 Å². The number of esters is 1. The molecule has 14 heavy (non-hydrogen) atoms. The maximum absolute atomic E-state index is 10.9. The number of carbonyl (C=O) groups is 1. The summed E-state index contributed by atoms with van der Waals surface area (Å²) in [5.41, 5.74) is 0. The van der Waals surface area contributed by atoms with Gasteiger partial charge in [0.25, 0.3) is 0 Å². The molecule has 0 heterocycles. The molecule has 0 aromatic heterocycles. The Kier molecular flexibility index (Phi) is 4.14. The molecule has 1 saturated carbocycles. The molecule has 0 amide bonds. The van der Waals surface area contributed by atoms with E-state index < -0.39 is 0 Å². The van der Waals surface area contributed by atoms with Gasteiger partial charge in [0.05, 0.1) is 12.2 Å². The predicted octanol–water partition coefficient (Wildman–Crippen LogP) is 1.66. The fourth-order valence-corrected chi connectivity index (χ4v) is 2.03. The summed E-state index contributed by atoms with van der Waals surface area (Å²) in [5, 5.41) is 9.32. The van der Waals surface area contributed by atoms with Crippen LogP contribution in [0, 0.1) is 5.92 Å². The van der Waals surface area contributed by atoms with Gasteiger partial charge < -0.3 is 9.84 Å². The fraction of sp³-hybridized carbons (Fsp3) is 0.727. The van der Waals surface area contributed by atoms with Gasteiger partial charge in [-0.15, -0.1) is 0 Å². The van der Waals surface area contributed by atoms with E-state index in [1.807, 2.05) is 6.92 Å². The van der Waals surface area contributed by atoms with Crippen LogP contribution >= 0.6 is 0 Å². The molecule has 1 aliphatic carbocycles. The summed E-state index contributed by atoms with van der Waals surface area (Å²) in [4.78, 5) is 10.9. The Balaban J connectivity index is 2.23. The molecule has 0 aromatic rings. The maximum atomic E-state index is 10.9. The molecule has 0 aliphatic heterocycles. The first-order chi connectivity index (χ1) is 6.61. The van der Waals surface area contributed by atoms with Crippen LogP contribution in [-0.4, -0.2) is 23.3 Å². The van der Waals surface area contributed by atoms with Crippen molar-refractivity contribution in [2.45, 2.75) is 44.8 Å². The molecule has 3 unspecified atom stereocenters. The molecule has 0 aromatic carbocycles. The normalized spacial score (nSPS) is 28.4. The molecule has 3 nitrogen and oxygen atoms in total. The summed E-state index contributed by atoms with van der Waals surface area (Å²) in [5.74, 6) is 0.133. The van der Waals surface area contributed by atoms with Crippen LogP contribution in [0.5, 0.6) is 0 Å². The van der Waals surface area contributed by atoms with E-state index in [2.05, 4.69) is 6.58 Å². The molecule has 0 radical (unpaired) electrons. The lowest BCUT2D eigenvalue weighted by Gasteiger charge is -2.16. The van der Waals surface area contributed by atoms with Gasteiger partial charge in [-0.1, -0.05) is 6.58 Å². The van der Waals surface area contributed by atoms with E-state index >= 15 is 0 Å². The summed E-state index contributed by atoms with van der Waals surface area (Å²) in [6.45, 7) is 5.22. The largest absolute Gasteiger partial charge is 0.460 e. The van der Waals surface area contributed by atoms with Crippen molar-refractivity contribution in [3.8, 4) is 0 Å². The Morgan fingerprint density at radius 1 is 1.71 bits per heavy atom. The Bertz CT molecular complexity index is 213. The van der Waals surface area contributed by atoms with E-state index in [1.54, 1.807) is 0 Å². The molecule has 0 bridgehead atoms. The minimum Gasteiger partial charge on any atom is -0.460 e. The summed E-state index contributed by atoms with van der Waals surface area (Å²) in [6.07, 6.45) is 4.56. The fourth-order valence-electron chi connectivity index (χ4n) is 2.03. The van der Waals surface area contributed by atoms with Crippen molar-refractivity contribution in [2.75, 3.05) is 0 Å². The molecule has 1 fully saturated rings. The van der Waals surface area contributed by atoms with Crippen molar-refractivity contribution in [2.24, 2.45) is 5.92 Å². The first kappa shape index (κ1) is 11.2. The van der Waals surface area contributed by atoms with E-state index in [4.69, 9.17) is 4.74 Å². The predicted molar refractivity (Wildman–Crippen MR) is 53.7 cm³/mol. The monoisotopic (exact) mass is 198 g/mol. The minimum absolute atomic E-state index is 0.0733. The zero-order valence-electron chi connectivity index (χ0n) is 8.61. The quantitative estimate of drug-likeness (QED) is 0.552. The van der Waals surface area contributed by atoms with Crippen molar-refractivity contribution in [3.05, 3.63) is 12.7 Å². The summed E-state index contributed by atoms with van der Waals surface area (Å²) < 4.78 is 5.06. The second-order valence-corrected chi connectivity index (χ2v) is 4.02. The van der Waals surface area contributed by atoms with Crippen molar-refractivity contribution >= 4 is 5.97 Å². The maximum Gasteiger partial charge on any atom is 0.330 e. The molecule has 80 valence electrons. The van der Waals surface area contributed by atoms with Crippen LogP contribution in [0.15, 0.2) is 12.7 Å². The summed E-state index contributed by atoms with van der Waals surface area (Å²) in [7, 11) is 0. The van der Waals surface area contributed by atoms with Gasteiger partial charge in [0.15, 0.2) is 0 Å². The first-order valence-corrected chi connectivity index (χ1v) is 5.13. The Morgan fingerprint density at radius 3 is 2.93 bits per heavy atom. The number of ether oxygens (including phenoxy) is 1. The lowest BCUT2D eigenvalue weighted by Crippen LogP contribution is -2.16. The highest BCUT2D eigenvalue weighted by Crippen LogP contribution is 2.29. The third kappa shape index (κ3) is 3.50. The number of hydrogen-bond donors (Lipinski definition) is 1. The number of aliphatic hydroxyl groups is 1. The van der Waals surface area contributed by atoms with Gasteiger partial charge in [0.2, 0.25) is 0 Å². The van der Waals surface area contributed by atoms with Crippen LogP contribution in [0.2, 0.25) is 0 Å². The van der Waals surface area contributed by atoms with Crippen LogP contribution in [0.4, 0.5) is 0 Å². The molecule has 1 N–H and O–H groups in total. The van der Waals surface area contributed by atoms with Gasteiger partial charge in [0.1, 0.15) is 0 Å². The topological polar surface area (TPSA) is 46.5 Å². The zero-order chi connectivity index (χ0) is 10.6. The van der Waals surface area contributed by atoms with E-state index in [9.17, 15) is 9.90 Å². The third-order valence-corrected chi connectivity index (χ3v) is 2.66. The van der Waals surface area contributed by atoms with Crippen molar-refractivity contribution < 1.29 is 14.6 Å². The SMILES string of the molecule is C=CC(=O)OC(C)CC1CCC(O)C1. The number of rotatable bonds is 4. The van der Waals surface area contributed by atoms with Gasteiger partial charge >= 0.3 is 5.97 Å². The van der Waals surface area contributed by atoms with Crippen molar-refractivity contribution in [3.63, 3.8) is 0 Å². The van der Waals surface area contributed by atoms with E-state index in [1.165, 1.54) is 6.08 Å². The average molecular weight is 198 g/mol. The molecular formula is C11H18O3. The van der Waals surface area contributed by atoms with Crippen LogP contribution in [0.3, 0.4) is 0 Å². The van der Waals surface area contributed by atoms with Crippen LogP contribution in [-0.2, 0) is 9.53 Å². The van der Waals surface area contributed by atoms with E-state index in [0.29, 0.717) is 5.92 Å².